The summed E-state index contributed by atoms with van der Waals surface area (Å²) >= 11 is 0. The van der Waals surface area contributed by atoms with Crippen molar-refractivity contribution in [2.75, 3.05) is 13.2 Å². The second kappa shape index (κ2) is 7.14. The molecule has 0 fully saturated rings. The SMILES string of the molecule is CCC(=O)OCCNC(=O)OC(C)C(C)(C)C. The minimum Gasteiger partial charge on any atom is -0.464 e. The molecule has 0 aliphatic carbocycles. The molecule has 0 spiro atoms. The van der Waals surface area contributed by atoms with Gasteiger partial charge in [0.1, 0.15) is 12.7 Å². The van der Waals surface area contributed by atoms with Gasteiger partial charge in [-0.3, -0.25) is 4.79 Å². The molecule has 0 aliphatic rings. The number of alkyl carbamates (subject to hydrolysis) is 1. The van der Waals surface area contributed by atoms with Gasteiger partial charge in [0.25, 0.3) is 0 Å². The predicted octanol–water partition coefficient (Wildman–Crippen LogP) is 2.10. The van der Waals surface area contributed by atoms with Gasteiger partial charge in [-0.2, -0.15) is 0 Å². The molecule has 1 N–H and O–H groups in total. The van der Waals surface area contributed by atoms with Gasteiger partial charge in [-0.05, 0) is 12.3 Å². The van der Waals surface area contributed by atoms with E-state index in [1.54, 1.807) is 6.92 Å². The molecule has 0 radical (unpaired) electrons. The maximum Gasteiger partial charge on any atom is 0.407 e. The zero-order valence-corrected chi connectivity index (χ0v) is 11.3. The summed E-state index contributed by atoms with van der Waals surface area (Å²) in [6.07, 6.45) is -0.327. The third-order valence-corrected chi connectivity index (χ3v) is 2.43. The number of hydrogen-bond acceptors (Lipinski definition) is 4. The molecule has 17 heavy (non-hydrogen) atoms. The van der Waals surface area contributed by atoms with Crippen molar-refractivity contribution < 1.29 is 19.1 Å². The van der Waals surface area contributed by atoms with Crippen LogP contribution in [0.5, 0.6) is 0 Å². The molecule has 0 rings (SSSR count). The second-order valence-electron chi connectivity index (χ2n) is 4.91. The molecule has 1 amide bonds. The number of nitrogens with one attached hydrogen (secondary N) is 1. The molecule has 0 aromatic carbocycles. The number of ether oxygens (including phenoxy) is 2. The first kappa shape index (κ1) is 15.7. The van der Waals surface area contributed by atoms with Crippen LogP contribution in [0.25, 0.3) is 0 Å². The van der Waals surface area contributed by atoms with E-state index in [4.69, 9.17) is 9.47 Å². The van der Waals surface area contributed by atoms with Gasteiger partial charge in [-0.25, -0.2) is 4.79 Å². The number of rotatable bonds is 5. The van der Waals surface area contributed by atoms with Gasteiger partial charge in [-0.15, -0.1) is 0 Å². The van der Waals surface area contributed by atoms with Crippen molar-refractivity contribution >= 4 is 12.1 Å². The van der Waals surface area contributed by atoms with Crippen molar-refractivity contribution in [1.29, 1.82) is 0 Å². The molecule has 1 unspecified atom stereocenters. The molecule has 0 aromatic heterocycles. The van der Waals surface area contributed by atoms with E-state index in [0.717, 1.165) is 0 Å². The largest absolute Gasteiger partial charge is 0.464 e. The van der Waals surface area contributed by atoms with Crippen molar-refractivity contribution in [2.24, 2.45) is 5.41 Å². The van der Waals surface area contributed by atoms with Gasteiger partial charge in [0.15, 0.2) is 0 Å². The lowest BCUT2D eigenvalue weighted by atomic mass is 9.90. The quantitative estimate of drug-likeness (QED) is 0.595. The molecule has 5 nitrogen and oxygen atoms in total. The highest BCUT2D eigenvalue weighted by Crippen LogP contribution is 2.21. The second-order valence-corrected chi connectivity index (χ2v) is 4.91. The lowest BCUT2D eigenvalue weighted by Crippen LogP contribution is -2.35. The Balaban J connectivity index is 3.71. The summed E-state index contributed by atoms with van der Waals surface area (Å²) in [4.78, 5) is 22.1. The van der Waals surface area contributed by atoms with Crippen molar-refractivity contribution in [3.8, 4) is 0 Å². The lowest BCUT2D eigenvalue weighted by molar-refractivity contribution is -0.143. The number of carbonyl (C=O) groups is 2. The number of carbonyl (C=O) groups excluding carboxylic acids is 2. The fourth-order valence-electron chi connectivity index (χ4n) is 0.799. The Hall–Kier alpha value is -1.26. The summed E-state index contributed by atoms with van der Waals surface area (Å²) in [5.74, 6) is -0.275. The normalized spacial score (nSPS) is 12.8. The standard InChI is InChI=1S/C12H23NO4/c1-6-10(14)16-8-7-13-11(15)17-9(2)12(3,4)5/h9H,6-8H2,1-5H3,(H,13,15). The zero-order valence-electron chi connectivity index (χ0n) is 11.3. The molecule has 100 valence electrons. The van der Waals surface area contributed by atoms with Gasteiger partial charge in [0.05, 0.1) is 6.54 Å². The molecule has 0 aromatic rings. The molecular formula is C12H23NO4. The third-order valence-electron chi connectivity index (χ3n) is 2.43. The van der Waals surface area contributed by atoms with E-state index in [1.807, 2.05) is 27.7 Å². The zero-order chi connectivity index (χ0) is 13.5. The highest BCUT2D eigenvalue weighted by molar-refractivity contribution is 5.69. The Morgan fingerprint density at radius 1 is 1.29 bits per heavy atom. The van der Waals surface area contributed by atoms with E-state index in [-0.39, 0.29) is 30.6 Å². The molecule has 1 atom stereocenters. The summed E-state index contributed by atoms with van der Waals surface area (Å²) in [5, 5.41) is 2.53. The fourth-order valence-corrected chi connectivity index (χ4v) is 0.799. The molecule has 0 aliphatic heterocycles. The highest BCUT2D eigenvalue weighted by atomic mass is 16.6. The average molecular weight is 245 g/mol. The summed E-state index contributed by atoms with van der Waals surface area (Å²) in [7, 11) is 0. The van der Waals surface area contributed by atoms with Crippen LogP contribution in [0.2, 0.25) is 0 Å². The van der Waals surface area contributed by atoms with Crippen LogP contribution in [0.1, 0.15) is 41.0 Å². The summed E-state index contributed by atoms with van der Waals surface area (Å²) in [5.41, 5.74) is -0.0913. The van der Waals surface area contributed by atoms with Crippen LogP contribution in [0.15, 0.2) is 0 Å². The minimum absolute atomic E-state index is 0.0913. The Labute approximate surface area is 103 Å². The van der Waals surface area contributed by atoms with Crippen LogP contribution < -0.4 is 5.32 Å². The Kier molecular flexibility index (Phi) is 6.61. The first-order valence-corrected chi connectivity index (χ1v) is 5.87. The Morgan fingerprint density at radius 3 is 2.35 bits per heavy atom. The van der Waals surface area contributed by atoms with Gasteiger partial charge in [-0.1, -0.05) is 27.7 Å². The fraction of sp³-hybridized carbons (Fsp3) is 0.833. The number of hydrogen-bond donors (Lipinski definition) is 1. The topological polar surface area (TPSA) is 64.6 Å². The van der Waals surface area contributed by atoms with Crippen LogP contribution in [0.4, 0.5) is 4.79 Å². The summed E-state index contributed by atoms with van der Waals surface area (Å²) in [6, 6.07) is 0. The van der Waals surface area contributed by atoms with Gasteiger partial charge in [0.2, 0.25) is 0 Å². The maximum absolute atomic E-state index is 11.3. The van der Waals surface area contributed by atoms with Crippen LogP contribution in [0.3, 0.4) is 0 Å². The Bertz CT molecular complexity index is 258. The van der Waals surface area contributed by atoms with E-state index in [0.29, 0.717) is 6.42 Å². The third kappa shape index (κ3) is 7.60. The van der Waals surface area contributed by atoms with Crippen LogP contribution in [-0.4, -0.2) is 31.3 Å². The highest BCUT2D eigenvalue weighted by Gasteiger charge is 2.23. The minimum atomic E-state index is -0.486. The van der Waals surface area contributed by atoms with E-state index >= 15 is 0 Å². The lowest BCUT2D eigenvalue weighted by Gasteiger charge is -2.26. The van der Waals surface area contributed by atoms with Crippen molar-refractivity contribution in [3.63, 3.8) is 0 Å². The molecule has 0 saturated carbocycles. The Morgan fingerprint density at radius 2 is 1.88 bits per heavy atom. The van der Waals surface area contributed by atoms with Crippen LogP contribution >= 0.6 is 0 Å². The molecule has 0 bridgehead atoms. The van der Waals surface area contributed by atoms with Gasteiger partial charge in [0, 0.05) is 6.42 Å². The first-order valence-electron chi connectivity index (χ1n) is 5.87. The molecule has 0 heterocycles. The van der Waals surface area contributed by atoms with E-state index < -0.39 is 6.09 Å². The summed E-state index contributed by atoms with van der Waals surface area (Å²) < 4.78 is 9.96. The van der Waals surface area contributed by atoms with Crippen molar-refractivity contribution in [3.05, 3.63) is 0 Å². The summed E-state index contributed by atoms with van der Waals surface area (Å²) in [6.45, 7) is 9.98. The molecule has 5 heteroatoms. The average Bonchev–Trinajstić information content (AvgIpc) is 2.22. The number of esters is 1. The smallest absolute Gasteiger partial charge is 0.407 e. The first-order chi connectivity index (χ1) is 7.77. The monoisotopic (exact) mass is 245 g/mol. The number of amides is 1. The van der Waals surface area contributed by atoms with Crippen LogP contribution in [-0.2, 0) is 14.3 Å². The van der Waals surface area contributed by atoms with Gasteiger partial charge >= 0.3 is 12.1 Å². The van der Waals surface area contributed by atoms with Gasteiger partial charge < -0.3 is 14.8 Å². The van der Waals surface area contributed by atoms with E-state index in [1.165, 1.54) is 0 Å². The van der Waals surface area contributed by atoms with Crippen molar-refractivity contribution in [2.45, 2.75) is 47.1 Å². The molecular weight excluding hydrogens is 222 g/mol. The van der Waals surface area contributed by atoms with Crippen molar-refractivity contribution in [1.82, 2.24) is 5.32 Å². The maximum atomic E-state index is 11.3. The van der Waals surface area contributed by atoms with Crippen LogP contribution in [0, 0.1) is 5.41 Å². The molecule has 0 saturated heterocycles. The van der Waals surface area contributed by atoms with E-state index in [9.17, 15) is 9.59 Å². The predicted molar refractivity (Wildman–Crippen MR) is 64.7 cm³/mol. The van der Waals surface area contributed by atoms with E-state index in [2.05, 4.69) is 5.32 Å².